The lowest BCUT2D eigenvalue weighted by Crippen LogP contribution is -2.47. The standard InChI is InChI=1S/C12H22N2O2/c1-3-4-8-13-11(15)9(2)14-12(16)10-6-5-7-10/h9-10H,3-8H2,1-2H3,(H,13,15)(H,14,16)/t9-/m0/s1. The number of hydrogen-bond donors (Lipinski definition) is 2. The van der Waals surface area contributed by atoms with Gasteiger partial charge in [-0.15, -0.1) is 0 Å². The van der Waals surface area contributed by atoms with Gasteiger partial charge in [-0.3, -0.25) is 9.59 Å². The fraction of sp³-hybridized carbons (Fsp3) is 0.833. The van der Waals surface area contributed by atoms with Crippen LogP contribution in [-0.4, -0.2) is 24.4 Å². The van der Waals surface area contributed by atoms with Crippen LogP contribution >= 0.6 is 0 Å². The fourth-order valence-corrected chi connectivity index (χ4v) is 1.61. The zero-order valence-corrected chi connectivity index (χ0v) is 10.2. The molecule has 0 aliphatic heterocycles. The Hall–Kier alpha value is -1.06. The molecule has 0 saturated heterocycles. The number of unbranched alkanes of at least 4 members (excludes halogenated alkanes) is 1. The van der Waals surface area contributed by atoms with E-state index in [-0.39, 0.29) is 17.7 Å². The summed E-state index contributed by atoms with van der Waals surface area (Å²) in [7, 11) is 0. The molecule has 0 unspecified atom stereocenters. The van der Waals surface area contributed by atoms with Gasteiger partial charge in [0.05, 0.1) is 0 Å². The van der Waals surface area contributed by atoms with Crippen LogP contribution in [0.25, 0.3) is 0 Å². The maximum absolute atomic E-state index is 11.6. The van der Waals surface area contributed by atoms with Gasteiger partial charge in [0, 0.05) is 12.5 Å². The predicted octanol–water partition coefficient (Wildman–Crippen LogP) is 1.21. The van der Waals surface area contributed by atoms with E-state index in [0.717, 1.165) is 32.1 Å². The normalized spacial score (nSPS) is 17.4. The first kappa shape index (κ1) is 13.0. The van der Waals surface area contributed by atoms with Gasteiger partial charge >= 0.3 is 0 Å². The maximum atomic E-state index is 11.6. The van der Waals surface area contributed by atoms with E-state index in [1.54, 1.807) is 6.92 Å². The highest BCUT2D eigenvalue weighted by Crippen LogP contribution is 2.26. The molecule has 1 rings (SSSR count). The molecule has 1 saturated carbocycles. The highest BCUT2D eigenvalue weighted by Gasteiger charge is 2.27. The summed E-state index contributed by atoms with van der Waals surface area (Å²) in [5.41, 5.74) is 0. The monoisotopic (exact) mass is 226 g/mol. The first-order valence-electron chi connectivity index (χ1n) is 6.23. The quantitative estimate of drug-likeness (QED) is 0.669. The molecular weight excluding hydrogens is 204 g/mol. The van der Waals surface area contributed by atoms with Crippen molar-refractivity contribution in [3.05, 3.63) is 0 Å². The molecule has 4 heteroatoms. The summed E-state index contributed by atoms with van der Waals surface area (Å²) < 4.78 is 0. The average molecular weight is 226 g/mol. The molecular formula is C12H22N2O2. The van der Waals surface area contributed by atoms with Crippen LogP contribution in [0.3, 0.4) is 0 Å². The number of amides is 2. The third-order valence-corrected chi connectivity index (χ3v) is 3.06. The number of nitrogens with one attached hydrogen (secondary N) is 2. The van der Waals surface area contributed by atoms with Crippen molar-refractivity contribution < 1.29 is 9.59 Å². The molecule has 16 heavy (non-hydrogen) atoms. The SMILES string of the molecule is CCCCNC(=O)[C@H](C)NC(=O)C1CCC1. The molecule has 2 amide bonds. The summed E-state index contributed by atoms with van der Waals surface area (Å²) in [6.45, 7) is 4.50. The van der Waals surface area contributed by atoms with Crippen LogP contribution in [0.2, 0.25) is 0 Å². The van der Waals surface area contributed by atoms with Crippen LogP contribution in [-0.2, 0) is 9.59 Å². The third kappa shape index (κ3) is 3.83. The Balaban J connectivity index is 2.19. The van der Waals surface area contributed by atoms with Crippen molar-refractivity contribution in [1.29, 1.82) is 0 Å². The van der Waals surface area contributed by atoms with E-state index in [1.165, 1.54) is 0 Å². The van der Waals surface area contributed by atoms with E-state index in [0.29, 0.717) is 6.54 Å². The van der Waals surface area contributed by atoms with Gasteiger partial charge in [-0.2, -0.15) is 0 Å². The molecule has 0 bridgehead atoms. The van der Waals surface area contributed by atoms with Crippen molar-refractivity contribution >= 4 is 11.8 Å². The second-order valence-corrected chi connectivity index (χ2v) is 4.50. The zero-order valence-electron chi connectivity index (χ0n) is 10.2. The van der Waals surface area contributed by atoms with Crippen molar-refractivity contribution in [2.45, 2.75) is 52.0 Å². The Bertz CT molecular complexity index is 249. The molecule has 0 heterocycles. The average Bonchev–Trinajstić information content (AvgIpc) is 2.14. The van der Waals surface area contributed by atoms with Gasteiger partial charge in [0.15, 0.2) is 0 Å². The smallest absolute Gasteiger partial charge is 0.242 e. The van der Waals surface area contributed by atoms with Crippen molar-refractivity contribution in [3.8, 4) is 0 Å². The predicted molar refractivity (Wildman–Crippen MR) is 62.9 cm³/mol. The van der Waals surface area contributed by atoms with Crippen LogP contribution in [0.4, 0.5) is 0 Å². The molecule has 1 aliphatic carbocycles. The molecule has 1 aliphatic rings. The fourth-order valence-electron chi connectivity index (χ4n) is 1.61. The van der Waals surface area contributed by atoms with E-state index < -0.39 is 6.04 Å². The number of carbonyl (C=O) groups is 2. The second kappa shape index (κ2) is 6.51. The number of rotatable bonds is 6. The maximum Gasteiger partial charge on any atom is 0.242 e. The molecule has 1 atom stereocenters. The number of hydrogen-bond acceptors (Lipinski definition) is 2. The summed E-state index contributed by atoms with van der Waals surface area (Å²) in [6, 6.07) is -0.412. The highest BCUT2D eigenvalue weighted by atomic mass is 16.2. The summed E-state index contributed by atoms with van der Waals surface area (Å²) in [5.74, 6) is 0.0939. The Labute approximate surface area is 97.2 Å². The Morgan fingerprint density at radius 2 is 2.06 bits per heavy atom. The molecule has 0 aromatic carbocycles. The summed E-state index contributed by atoms with van der Waals surface area (Å²) >= 11 is 0. The van der Waals surface area contributed by atoms with Crippen LogP contribution < -0.4 is 10.6 Å². The van der Waals surface area contributed by atoms with Gasteiger partial charge in [0.1, 0.15) is 6.04 Å². The van der Waals surface area contributed by atoms with Crippen molar-refractivity contribution in [2.75, 3.05) is 6.54 Å². The lowest BCUT2D eigenvalue weighted by atomic mass is 9.84. The van der Waals surface area contributed by atoms with Crippen LogP contribution in [0.1, 0.15) is 46.0 Å². The lowest BCUT2D eigenvalue weighted by molar-refractivity contribution is -0.132. The largest absolute Gasteiger partial charge is 0.354 e. The van der Waals surface area contributed by atoms with E-state index in [2.05, 4.69) is 17.6 Å². The van der Waals surface area contributed by atoms with E-state index >= 15 is 0 Å². The Morgan fingerprint density at radius 3 is 2.56 bits per heavy atom. The summed E-state index contributed by atoms with van der Waals surface area (Å²) in [5, 5.41) is 5.57. The molecule has 92 valence electrons. The van der Waals surface area contributed by atoms with Crippen LogP contribution in [0.5, 0.6) is 0 Å². The van der Waals surface area contributed by atoms with E-state index in [1.807, 2.05) is 0 Å². The minimum atomic E-state index is -0.412. The number of carbonyl (C=O) groups excluding carboxylic acids is 2. The van der Waals surface area contributed by atoms with Gasteiger partial charge in [-0.1, -0.05) is 19.8 Å². The van der Waals surface area contributed by atoms with E-state index in [9.17, 15) is 9.59 Å². The first-order valence-corrected chi connectivity index (χ1v) is 6.23. The van der Waals surface area contributed by atoms with Gasteiger partial charge in [0.25, 0.3) is 0 Å². The summed E-state index contributed by atoms with van der Waals surface area (Å²) in [6.07, 6.45) is 5.11. The zero-order chi connectivity index (χ0) is 12.0. The minimum Gasteiger partial charge on any atom is -0.354 e. The molecule has 4 nitrogen and oxygen atoms in total. The molecule has 0 spiro atoms. The summed E-state index contributed by atoms with van der Waals surface area (Å²) in [4.78, 5) is 23.1. The van der Waals surface area contributed by atoms with Crippen LogP contribution in [0.15, 0.2) is 0 Å². The van der Waals surface area contributed by atoms with Crippen molar-refractivity contribution in [1.82, 2.24) is 10.6 Å². The Kier molecular flexibility index (Phi) is 5.29. The first-order chi connectivity index (χ1) is 7.65. The lowest BCUT2D eigenvalue weighted by Gasteiger charge is -2.25. The van der Waals surface area contributed by atoms with Crippen molar-refractivity contribution in [2.24, 2.45) is 5.92 Å². The minimum absolute atomic E-state index is 0.0318. The van der Waals surface area contributed by atoms with Crippen LogP contribution in [0, 0.1) is 5.92 Å². The highest BCUT2D eigenvalue weighted by molar-refractivity contribution is 5.88. The topological polar surface area (TPSA) is 58.2 Å². The van der Waals surface area contributed by atoms with E-state index in [4.69, 9.17) is 0 Å². The van der Waals surface area contributed by atoms with Gasteiger partial charge in [-0.05, 0) is 26.2 Å². The van der Waals surface area contributed by atoms with Gasteiger partial charge in [0.2, 0.25) is 11.8 Å². The third-order valence-electron chi connectivity index (χ3n) is 3.06. The molecule has 0 aromatic rings. The van der Waals surface area contributed by atoms with Gasteiger partial charge in [-0.25, -0.2) is 0 Å². The molecule has 1 fully saturated rings. The molecule has 0 radical (unpaired) electrons. The Morgan fingerprint density at radius 1 is 1.38 bits per heavy atom. The molecule has 0 aromatic heterocycles. The van der Waals surface area contributed by atoms with Gasteiger partial charge < -0.3 is 10.6 Å². The second-order valence-electron chi connectivity index (χ2n) is 4.50. The van der Waals surface area contributed by atoms with Crippen molar-refractivity contribution in [3.63, 3.8) is 0 Å². The molecule has 2 N–H and O–H groups in total.